The third kappa shape index (κ3) is 2.63. The van der Waals surface area contributed by atoms with E-state index < -0.39 is 34.4 Å². The van der Waals surface area contributed by atoms with Crippen molar-refractivity contribution in [3.63, 3.8) is 0 Å². The molecule has 6 heteroatoms. The lowest BCUT2D eigenvalue weighted by molar-refractivity contribution is -0.139. The number of aliphatic carboxylic acids is 1. The molecule has 0 saturated heterocycles. The van der Waals surface area contributed by atoms with Gasteiger partial charge in [0.2, 0.25) is 4.91 Å². The van der Waals surface area contributed by atoms with Gasteiger partial charge >= 0.3 is 11.9 Å². The molecular formula is C11H16O5S. The molecule has 1 aliphatic carbocycles. The van der Waals surface area contributed by atoms with Crippen molar-refractivity contribution >= 4 is 23.1 Å². The molecule has 1 saturated carbocycles. The molecule has 1 N–H and O–H groups in total. The fourth-order valence-corrected chi connectivity index (χ4v) is 2.66. The third-order valence-corrected chi connectivity index (χ3v) is 4.13. The number of allylic oxidation sites excluding steroid dienone is 1. The molecule has 0 amide bonds. The van der Waals surface area contributed by atoms with Crippen LogP contribution >= 0.6 is 0 Å². The first kappa shape index (κ1) is 14.1. The van der Waals surface area contributed by atoms with Gasteiger partial charge in [0.05, 0.1) is 13.0 Å². The zero-order valence-corrected chi connectivity index (χ0v) is 11.0. The van der Waals surface area contributed by atoms with Crippen molar-refractivity contribution in [2.45, 2.75) is 13.8 Å². The minimum Gasteiger partial charge on any atom is -0.611 e. The zero-order chi connectivity index (χ0) is 13.4. The highest BCUT2D eigenvalue weighted by Gasteiger charge is 2.61. The molecule has 0 bridgehead atoms. The van der Waals surface area contributed by atoms with Gasteiger partial charge in [-0.05, 0) is 22.7 Å². The van der Waals surface area contributed by atoms with Crippen molar-refractivity contribution in [1.82, 2.24) is 0 Å². The summed E-state index contributed by atoms with van der Waals surface area (Å²) in [4.78, 5) is 22.4. The van der Waals surface area contributed by atoms with Gasteiger partial charge in [0.15, 0.2) is 0 Å². The maximum atomic E-state index is 11.4. The smallest absolute Gasteiger partial charge is 0.386 e. The number of ether oxygens (including phenoxy) is 1. The summed E-state index contributed by atoms with van der Waals surface area (Å²) in [6.07, 6.45) is 2.84. The van der Waals surface area contributed by atoms with Crippen LogP contribution in [0.25, 0.3) is 0 Å². The Bertz CT molecular complexity index is 372. The first-order valence-electron chi connectivity index (χ1n) is 5.09. The summed E-state index contributed by atoms with van der Waals surface area (Å²) in [5, 5.41) is 8.99. The second-order valence-corrected chi connectivity index (χ2v) is 5.99. The van der Waals surface area contributed by atoms with Crippen LogP contribution in [-0.2, 0) is 25.5 Å². The Hall–Kier alpha value is -1.01. The summed E-state index contributed by atoms with van der Waals surface area (Å²) >= 11 is -1.48. The molecule has 96 valence electrons. The molecule has 0 spiro atoms. The topological polar surface area (TPSA) is 86.7 Å². The molecule has 5 nitrogen and oxygen atoms in total. The van der Waals surface area contributed by atoms with E-state index >= 15 is 0 Å². The molecule has 1 aliphatic rings. The fourth-order valence-electron chi connectivity index (χ4n) is 2.01. The van der Waals surface area contributed by atoms with Gasteiger partial charge in [0.25, 0.3) is 0 Å². The van der Waals surface area contributed by atoms with Crippen LogP contribution in [0, 0.1) is 17.3 Å². The van der Waals surface area contributed by atoms with Crippen molar-refractivity contribution < 1.29 is 24.0 Å². The van der Waals surface area contributed by atoms with E-state index in [1.54, 1.807) is 13.8 Å². The third-order valence-electron chi connectivity index (χ3n) is 3.20. The molecule has 1 rings (SSSR count). The second-order valence-electron chi connectivity index (χ2n) is 4.64. The predicted molar refractivity (Wildman–Crippen MR) is 62.6 cm³/mol. The molecule has 3 atom stereocenters. The van der Waals surface area contributed by atoms with Crippen molar-refractivity contribution in [3.8, 4) is 0 Å². The van der Waals surface area contributed by atoms with Crippen LogP contribution in [0.3, 0.4) is 0 Å². The van der Waals surface area contributed by atoms with E-state index in [0.29, 0.717) is 0 Å². The second kappa shape index (κ2) is 4.70. The molecule has 0 aromatic heterocycles. The van der Waals surface area contributed by atoms with Gasteiger partial charge in [0.1, 0.15) is 6.26 Å². The van der Waals surface area contributed by atoms with Gasteiger partial charge in [-0.15, -0.1) is 0 Å². The lowest BCUT2D eigenvalue weighted by atomic mass is 10.1. The average Bonchev–Trinajstić information content (AvgIpc) is 2.75. The number of hydrogen-bond acceptors (Lipinski definition) is 4. The van der Waals surface area contributed by atoms with E-state index in [2.05, 4.69) is 4.74 Å². The largest absolute Gasteiger partial charge is 0.611 e. The van der Waals surface area contributed by atoms with Crippen LogP contribution in [-0.4, -0.2) is 35.0 Å². The Kier molecular flexibility index (Phi) is 3.88. The zero-order valence-electron chi connectivity index (χ0n) is 10.2. The molecule has 1 fully saturated rings. The number of carboxylic acids is 1. The molecule has 3 unspecified atom stereocenters. The van der Waals surface area contributed by atoms with Gasteiger partial charge in [0, 0.05) is 5.92 Å². The fraction of sp³-hybridized carbons (Fsp3) is 0.636. The van der Waals surface area contributed by atoms with Gasteiger partial charge in [-0.25, -0.2) is 4.79 Å². The molecule has 0 heterocycles. The number of carboxylic acid groups (broad SMARTS) is 1. The Morgan fingerprint density at radius 3 is 2.29 bits per heavy atom. The van der Waals surface area contributed by atoms with Crippen LogP contribution < -0.4 is 0 Å². The predicted octanol–water partition coefficient (Wildman–Crippen LogP) is 0.779. The standard InChI is InChI=1S/C11H16O5S/c1-11(2)6(8(11)9(12)13)5-7(17(4)15)10(14)16-3/h5-6,8H,1-4H3,(H,12,13). The first-order chi connectivity index (χ1) is 7.73. The monoisotopic (exact) mass is 260 g/mol. The summed E-state index contributed by atoms with van der Waals surface area (Å²) in [5.41, 5.74) is -0.412. The number of rotatable bonds is 4. The van der Waals surface area contributed by atoms with E-state index in [4.69, 9.17) is 5.11 Å². The molecule has 17 heavy (non-hydrogen) atoms. The summed E-state index contributed by atoms with van der Waals surface area (Å²) in [6, 6.07) is 0. The van der Waals surface area contributed by atoms with Crippen molar-refractivity contribution in [3.05, 3.63) is 11.0 Å². The Morgan fingerprint density at radius 2 is 2.00 bits per heavy atom. The van der Waals surface area contributed by atoms with Gasteiger partial charge in [-0.1, -0.05) is 13.8 Å². The van der Waals surface area contributed by atoms with E-state index in [0.717, 1.165) is 0 Å². The number of carbonyl (C=O) groups is 2. The normalized spacial score (nSPS) is 28.4. The SMILES string of the molecule is COC(=O)C(=CC1C(C(=O)O)C1(C)C)[S+](C)[O-]. The maximum Gasteiger partial charge on any atom is 0.386 e. The van der Waals surface area contributed by atoms with Crippen LogP contribution in [0.15, 0.2) is 11.0 Å². The minimum absolute atomic E-state index is 0.0364. The van der Waals surface area contributed by atoms with E-state index in [1.807, 2.05) is 0 Å². The average molecular weight is 260 g/mol. The molecular weight excluding hydrogens is 244 g/mol. The number of hydrogen-bond donors (Lipinski definition) is 1. The van der Waals surface area contributed by atoms with E-state index in [-0.39, 0.29) is 10.8 Å². The summed E-state index contributed by atoms with van der Waals surface area (Å²) < 4.78 is 15.9. The van der Waals surface area contributed by atoms with E-state index in [9.17, 15) is 14.1 Å². The van der Waals surface area contributed by atoms with Crippen LogP contribution in [0.1, 0.15) is 13.8 Å². The van der Waals surface area contributed by atoms with Gasteiger partial charge < -0.3 is 14.4 Å². The van der Waals surface area contributed by atoms with Crippen LogP contribution in [0.4, 0.5) is 0 Å². The van der Waals surface area contributed by atoms with Gasteiger partial charge in [-0.3, -0.25) is 4.79 Å². The molecule has 0 aromatic rings. The number of esters is 1. The quantitative estimate of drug-likeness (QED) is 0.458. The summed E-state index contributed by atoms with van der Waals surface area (Å²) in [6.45, 7) is 3.61. The highest BCUT2D eigenvalue weighted by Crippen LogP contribution is 2.59. The van der Waals surface area contributed by atoms with E-state index in [1.165, 1.54) is 19.4 Å². The molecule has 0 radical (unpaired) electrons. The van der Waals surface area contributed by atoms with Crippen molar-refractivity contribution in [2.24, 2.45) is 17.3 Å². The van der Waals surface area contributed by atoms with Gasteiger partial charge in [-0.2, -0.15) is 0 Å². The number of carbonyl (C=O) groups excluding carboxylic acids is 1. The van der Waals surface area contributed by atoms with Crippen LogP contribution in [0.5, 0.6) is 0 Å². The van der Waals surface area contributed by atoms with Crippen LogP contribution in [0.2, 0.25) is 0 Å². The molecule has 0 aliphatic heterocycles. The Morgan fingerprint density at radius 1 is 1.47 bits per heavy atom. The van der Waals surface area contributed by atoms with Crippen molar-refractivity contribution in [1.29, 1.82) is 0 Å². The lowest BCUT2D eigenvalue weighted by Gasteiger charge is -2.07. The minimum atomic E-state index is -1.48. The maximum absolute atomic E-state index is 11.4. The molecule has 0 aromatic carbocycles. The summed E-state index contributed by atoms with van der Waals surface area (Å²) in [7, 11) is 1.20. The highest BCUT2D eigenvalue weighted by molar-refractivity contribution is 7.95. The summed E-state index contributed by atoms with van der Waals surface area (Å²) in [5.74, 6) is -2.39. The lowest BCUT2D eigenvalue weighted by Crippen LogP contribution is -2.14. The number of methoxy groups -OCH3 is 1. The highest BCUT2D eigenvalue weighted by atomic mass is 32.2. The Balaban J connectivity index is 2.95. The van der Waals surface area contributed by atoms with Crippen molar-refractivity contribution in [2.75, 3.05) is 13.4 Å². The first-order valence-corrected chi connectivity index (χ1v) is 6.65. The Labute approximate surface area is 103 Å².